The lowest BCUT2D eigenvalue weighted by atomic mass is 10.1. The van der Waals surface area contributed by atoms with Crippen LogP contribution in [-0.2, 0) is 11.3 Å². The summed E-state index contributed by atoms with van der Waals surface area (Å²) in [5.74, 6) is 0.958. The molecule has 0 aliphatic heterocycles. The smallest absolute Gasteiger partial charge is 0.230 e. The zero-order valence-corrected chi connectivity index (χ0v) is 16.0. The summed E-state index contributed by atoms with van der Waals surface area (Å²) in [6.07, 6.45) is 0. The van der Waals surface area contributed by atoms with E-state index in [2.05, 4.69) is 35.6 Å². The van der Waals surface area contributed by atoms with Gasteiger partial charge in [0, 0.05) is 12.2 Å². The van der Waals surface area contributed by atoms with E-state index in [-0.39, 0.29) is 11.9 Å². The van der Waals surface area contributed by atoms with Crippen molar-refractivity contribution in [1.29, 1.82) is 0 Å². The predicted molar refractivity (Wildman–Crippen MR) is 100 cm³/mol. The number of aryl methyl sites for hydroxylation is 1. The first-order valence-electron chi connectivity index (χ1n) is 8.39. The molecule has 0 fully saturated rings. The fourth-order valence-electron chi connectivity index (χ4n) is 2.55. The highest BCUT2D eigenvalue weighted by Gasteiger charge is 2.15. The molecule has 0 radical (unpaired) electrons. The molecule has 0 aliphatic carbocycles. The van der Waals surface area contributed by atoms with E-state index in [1.165, 1.54) is 17.5 Å². The molecule has 0 saturated carbocycles. The second-order valence-electron chi connectivity index (χ2n) is 6.56. The summed E-state index contributed by atoms with van der Waals surface area (Å²) in [6.45, 7) is 11.4. The van der Waals surface area contributed by atoms with Crippen molar-refractivity contribution in [3.8, 4) is 0 Å². The van der Waals surface area contributed by atoms with E-state index >= 15 is 0 Å². The van der Waals surface area contributed by atoms with Crippen LogP contribution in [0.25, 0.3) is 0 Å². The highest BCUT2D eigenvalue weighted by molar-refractivity contribution is 7.99. The lowest BCUT2D eigenvalue weighted by molar-refractivity contribution is -0.119. The minimum absolute atomic E-state index is 0.0122. The van der Waals surface area contributed by atoms with Crippen LogP contribution in [-0.4, -0.2) is 21.2 Å². The van der Waals surface area contributed by atoms with Gasteiger partial charge >= 0.3 is 0 Å². The number of aromatic nitrogens is 2. The number of hydrogen-bond donors (Lipinski definition) is 1. The molecule has 0 bridgehead atoms. The van der Waals surface area contributed by atoms with Gasteiger partial charge in [0.2, 0.25) is 5.91 Å². The topological polar surface area (TPSA) is 46.9 Å². The molecule has 1 aromatic carbocycles. The Hall–Kier alpha value is -1.75. The number of benzene rings is 1. The quantitative estimate of drug-likeness (QED) is 0.768. The van der Waals surface area contributed by atoms with Gasteiger partial charge in [-0.15, -0.1) is 0 Å². The molecule has 5 heteroatoms. The third-order valence-corrected chi connectivity index (χ3v) is 4.96. The molecule has 2 rings (SSSR count). The van der Waals surface area contributed by atoms with Gasteiger partial charge in [-0.2, -0.15) is 0 Å². The Balaban J connectivity index is 1.96. The molecule has 4 nitrogen and oxygen atoms in total. The van der Waals surface area contributed by atoms with Gasteiger partial charge in [-0.25, -0.2) is 4.98 Å². The summed E-state index contributed by atoms with van der Waals surface area (Å²) in [7, 11) is 0. The monoisotopic (exact) mass is 345 g/mol. The van der Waals surface area contributed by atoms with E-state index in [0.717, 1.165) is 23.0 Å². The lowest BCUT2D eigenvalue weighted by Gasteiger charge is -2.15. The van der Waals surface area contributed by atoms with Crippen LogP contribution in [0.2, 0.25) is 0 Å². The van der Waals surface area contributed by atoms with Crippen molar-refractivity contribution in [3.05, 3.63) is 47.3 Å². The normalized spacial score (nSPS) is 12.4. The van der Waals surface area contributed by atoms with E-state index < -0.39 is 0 Å². The Bertz CT molecular complexity index is 679. The molecule has 0 saturated heterocycles. The fourth-order valence-corrected chi connectivity index (χ4v) is 3.46. The second kappa shape index (κ2) is 8.38. The number of nitrogens with zero attached hydrogens (tertiary/aromatic N) is 2. The van der Waals surface area contributed by atoms with Crippen molar-refractivity contribution in [3.63, 3.8) is 0 Å². The number of thioether (sulfide) groups is 1. The van der Waals surface area contributed by atoms with Crippen LogP contribution >= 0.6 is 11.8 Å². The maximum absolute atomic E-state index is 12.3. The Morgan fingerprint density at radius 1 is 1.21 bits per heavy atom. The summed E-state index contributed by atoms with van der Waals surface area (Å²) >= 11 is 1.51. The van der Waals surface area contributed by atoms with Gasteiger partial charge < -0.3 is 9.88 Å². The van der Waals surface area contributed by atoms with Crippen LogP contribution in [0.1, 0.15) is 43.8 Å². The van der Waals surface area contributed by atoms with E-state index in [1.54, 1.807) is 0 Å². The number of carbonyl (C=O) groups is 1. The van der Waals surface area contributed by atoms with Gasteiger partial charge in [-0.3, -0.25) is 4.79 Å². The average molecular weight is 346 g/mol. The molecule has 1 aromatic heterocycles. The van der Waals surface area contributed by atoms with E-state index in [1.807, 2.05) is 44.2 Å². The minimum atomic E-state index is 0.0122. The summed E-state index contributed by atoms with van der Waals surface area (Å²) in [4.78, 5) is 16.9. The largest absolute Gasteiger partial charge is 0.349 e. The molecule has 1 N–H and O–H groups in total. The predicted octanol–water partition coefficient (Wildman–Crippen LogP) is 4.13. The molecule has 2 aromatic rings. The van der Waals surface area contributed by atoms with Gasteiger partial charge in [-0.1, -0.05) is 55.9 Å². The minimum Gasteiger partial charge on any atom is -0.349 e. The van der Waals surface area contributed by atoms with Crippen LogP contribution < -0.4 is 5.32 Å². The van der Waals surface area contributed by atoms with E-state index in [0.29, 0.717) is 11.7 Å². The summed E-state index contributed by atoms with van der Waals surface area (Å²) < 4.78 is 2.22. The molecular formula is C19H27N3OS. The van der Waals surface area contributed by atoms with Gasteiger partial charge in [0.15, 0.2) is 5.16 Å². The maximum atomic E-state index is 12.3. The number of imidazole rings is 1. The molecular weight excluding hydrogens is 318 g/mol. The first kappa shape index (κ1) is 18.6. The van der Waals surface area contributed by atoms with Gasteiger partial charge in [0.25, 0.3) is 0 Å². The Kier molecular flexibility index (Phi) is 6.49. The summed E-state index contributed by atoms with van der Waals surface area (Å²) in [5, 5.41) is 3.98. The number of rotatable bonds is 7. The molecule has 1 unspecified atom stereocenters. The molecule has 0 spiro atoms. The van der Waals surface area contributed by atoms with Crippen LogP contribution in [0.15, 0.2) is 35.5 Å². The first-order chi connectivity index (χ1) is 11.4. The van der Waals surface area contributed by atoms with Crippen molar-refractivity contribution < 1.29 is 4.79 Å². The second-order valence-corrected chi connectivity index (χ2v) is 7.50. The Morgan fingerprint density at radius 3 is 2.50 bits per heavy atom. The third-order valence-electron chi connectivity index (χ3n) is 3.98. The Labute approximate surface area is 149 Å². The highest BCUT2D eigenvalue weighted by Crippen LogP contribution is 2.22. The summed E-state index contributed by atoms with van der Waals surface area (Å²) in [5.41, 5.74) is 3.34. The van der Waals surface area contributed by atoms with Crippen LogP contribution in [0.5, 0.6) is 0 Å². The number of carbonyl (C=O) groups excluding carboxylic acids is 1. The van der Waals surface area contributed by atoms with Gasteiger partial charge in [0.05, 0.1) is 17.5 Å². The van der Waals surface area contributed by atoms with Crippen molar-refractivity contribution in [1.82, 2.24) is 14.9 Å². The third kappa shape index (κ3) is 4.87. The SMILES string of the molecule is Cc1nc(SCC(=O)NC(C)c2ccccc2)n(CC(C)C)c1C. The zero-order chi connectivity index (χ0) is 17.7. The van der Waals surface area contributed by atoms with Gasteiger partial charge in [-0.05, 0) is 32.3 Å². The standard InChI is InChI=1S/C19H27N3OS/c1-13(2)11-22-16(5)14(3)21-19(22)24-12-18(23)20-15(4)17-9-7-6-8-10-17/h6-10,13,15H,11-12H2,1-5H3,(H,20,23). The fraction of sp³-hybridized carbons (Fsp3) is 0.474. The van der Waals surface area contributed by atoms with Crippen LogP contribution in [0.3, 0.4) is 0 Å². The van der Waals surface area contributed by atoms with E-state index in [9.17, 15) is 4.79 Å². The van der Waals surface area contributed by atoms with Crippen LogP contribution in [0, 0.1) is 19.8 Å². The lowest BCUT2D eigenvalue weighted by Crippen LogP contribution is -2.28. The highest BCUT2D eigenvalue weighted by atomic mass is 32.2. The van der Waals surface area contributed by atoms with Crippen LogP contribution in [0.4, 0.5) is 0 Å². The Morgan fingerprint density at radius 2 is 1.88 bits per heavy atom. The zero-order valence-electron chi connectivity index (χ0n) is 15.2. The number of hydrogen-bond acceptors (Lipinski definition) is 3. The number of amides is 1. The molecule has 1 amide bonds. The van der Waals surface area contributed by atoms with Crippen molar-refractivity contribution in [2.24, 2.45) is 5.92 Å². The van der Waals surface area contributed by atoms with Gasteiger partial charge in [0.1, 0.15) is 0 Å². The number of nitrogens with one attached hydrogen (secondary N) is 1. The molecule has 1 heterocycles. The summed E-state index contributed by atoms with van der Waals surface area (Å²) in [6, 6.07) is 10.0. The van der Waals surface area contributed by atoms with Crippen molar-refractivity contribution in [2.45, 2.75) is 52.4 Å². The van der Waals surface area contributed by atoms with E-state index in [4.69, 9.17) is 0 Å². The first-order valence-corrected chi connectivity index (χ1v) is 9.38. The molecule has 1 atom stereocenters. The molecule has 130 valence electrons. The van der Waals surface area contributed by atoms with Crippen molar-refractivity contribution >= 4 is 17.7 Å². The van der Waals surface area contributed by atoms with Crippen molar-refractivity contribution in [2.75, 3.05) is 5.75 Å². The average Bonchev–Trinajstić information content (AvgIpc) is 2.81. The molecule has 0 aliphatic rings. The maximum Gasteiger partial charge on any atom is 0.230 e. The molecule has 24 heavy (non-hydrogen) atoms.